The third kappa shape index (κ3) is 3.59. The summed E-state index contributed by atoms with van der Waals surface area (Å²) in [5, 5.41) is 15.9. The van der Waals surface area contributed by atoms with E-state index in [2.05, 4.69) is 20.8 Å². The van der Waals surface area contributed by atoms with Gasteiger partial charge >= 0.3 is 0 Å². The number of carbonyl (C=O) groups excluding carboxylic acids is 1. The van der Waals surface area contributed by atoms with Crippen LogP contribution in [0.1, 0.15) is 37.4 Å². The highest BCUT2D eigenvalue weighted by Gasteiger charge is 2.28. The number of aromatic nitrogens is 4. The first kappa shape index (κ1) is 15.3. The third-order valence-electron chi connectivity index (χ3n) is 3.44. The molecule has 6 nitrogen and oxygen atoms in total. The van der Waals surface area contributed by atoms with Gasteiger partial charge in [0.1, 0.15) is 0 Å². The number of hydrogen-bond donors (Lipinski definition) is 1. The van der Waals surface area contributed by atoms with Crippen LogP contribution in [0, 0.1) is 0 Å². The molecule has 22 heavy (non-hydrogen) atoms. The number of thioether (sulfide) groups is 1. The van der Waals surface area contributed by atoms with Gasteiger partial charge in [0.15, 0.2) is 0 Å². The molecule has 1 aromatic heterocycles. The molecule has 1 aromatic carbocycles. The minimum atomic E-state index is -0.138. The highest BCUT2D eigenvalue weighted by molar-refractivity contribution is 7.99. The molecule has 0 spiro atoms. The molecule has 1 N–H and O–H groups in total. The summed E-state index contributed by atoms with van der Waals surface area (Å²) in [4.78, 5) is 12.1. The van der Waals surface area contributed by atoms with E-state index in [1.54, 1.807) is 4.68 Å². The predicted octanol–water partition coefficient (Wildman–Crippen LogP) is 2.63. The van der Waals surface area contributed by atoms with Gasteiger partial charge in [0.25, 0.3) is 0 Å². The lowest BCUT2D eigenvalue weighted by molar-refractivity contribution is -0.119. The summed E-state index contributed by atoms with van der Waals surface area (Å²) in [6.45, 7) is 1.91. The second-order valence-electron chi connectivity index (χ2n) is 5.24. The Balaban J connectivity index is 1.54. The maximum Gasteiger partial charge on any atom is 0.230 e. The van der Waals surface area contributed by atoms with Crippen LogP contribution < -0.4 is 5.32 Å². The Morgan fingerprint density at radius 1 is 1.50 bits per heavy atom. The SMILES string of the molecule is CC(NC(=O)CSc1nnnn1C1CC1)c1ccccc1Cl. The predicted molar refractivity (Wildman–Crippen MR) is 84.8 cm³/mol. The minimum absolute atomic E-state index is 0.0669. The van der Waals surface area contributed by atoms with Crippen LogP contribution in [0.4, 0.5) is 0 Å². The second kappa shape index (κ2) is 6.66. The molecule has 1 heterocycles. The molecule has 8 heteroatoms. The molecule has 2 aromatic rings. The summed E-state index contributed by atoms with van der Waals surface area (Å²) >= 11 is 7.49. The number of hydrogen-bond acceptors (Lipinski definition) is 5. The topological polar surface area (TPSA) is 72.7 Å². The van der Waals surface area contributed by atoms with Crippen LogP contribution in [0.2, 0.25) is 5.02 Å². The maximum absolute atomic E-state index is 12.1. The summed E-state index contributed by atoms with van der Waals surface area (Å²) < 4.78 is 1.80. The average molecular weight is 338 g/mol. The molecule has 0 radical (unpaired) electrons. The van der Waals surface area contributed by atoms with E-state index in [0.717, 1.165) is 18.4 Å². The van der Waals surface area contributed by atoms with Crippen molar-refractivity contribution in [2.45, 2.75) is 37.0 Å². The summed E-state index contributed by atoms with van der Waals surface area (Å²) in [7, 11) is 0. The van der Waals surface area contributed by atoms with Gasteiger partial charge in [-0.3, -0.25) is 4.79 Å². The van der Waals surface area contributed by atoms with Crippen LogP contribution in [0.25, 0.3) is 0 Å². The minimum Gasteiger partial charge on any atom is -0.349 e. The lowest BCUT2D eigenvalue weighted by Crippen LogP contribution is -2.28. The largest absolute Gasteiger partial charge is 0.349 e. The molecule has 0 bridgehead atoms. The van der Waals surface area contributed by atoms with Crippen molar-refractivity contribution < 1.29 is 4.79 Å². The van der Waals surface area contributed by atoms with Gasteiger partial charge in [-0.25, -0.2) is 4.68 Å². The highest BCUT2D eigenvalue weighted by Crippen LogP contribution is 2.36. The third-order valence-corrected chi connectivity index (χ3v) is 4.71. The van der Waals surface area contributed by atoms with Crippen molar-refractivity contribution in [1.82, 2.24) is 25.5 Å². The Hall–Kier alpha value is -1.60. The standard InChI is InChI=1S/C14H16ClN5OS/c1-9(11-4-2-3-5-12(11)15)16-13(21)8-22-14-17-18-19-20(14)10-6-7-10/h2-5,9-10H,6-8H2,1H3,(H,16,21). The van der Waals surface area contributed by atoms with Gasteiger partial charge in [-0.2, -0.15) is 0 Å². The van der Waals surface area contributed by atoms with E-state index in [1.165, 1.54) is 11.8 Å². The van der Waals surface area contributed by atoms with E-state index >= 15 is 0 Å². The van der Waals surface area contributed by atoms with Crippen molar-refractivity contribution in [3.8, 4) is 0 Å². The molecule has 0 saturated heterocycles. The van der Waals surface area contributed by atoms with Crippen LogP contribution in [0.15, 0.2) is 29.4 Å². The summed E-state index contributed by atoms with van der Waals surface area (Å²) in [6, 6.07) is 7.77. The first-order valence-electron chi connectivity index (χ1n) is 7.09. The van der Waals surface area contributed by atoms with Gasteiger partial charge in [0.05, 0.1) is 17.8 Å². The van der Waals surface area contributed by atoms with Crippen molar-refractivity contribution >= 4 is 29.3 Å². The number of nitrogens with one attached hydrogen (secondary N) is 1. The van der Waals surface area contributed by atoms with Gasteiger partial charge in [0, 0.05) is 5.02 Å². The average Bonchev–Trinajstić information content (AvgIpc) is 3.24. The summed E-state index contributed by atoms with van der Waals surface area (Å²) in [6.07, 6.45) is 2.21. The van der Waals surface area contributed by atoms with E-state index < -0.39 is 0 Å². The zero-order valence-electron chi connectivity index (χ0n) is 12.1. The van der Waals surface area contributed by atoms with E-state index in [9.17, 15) is 4.79 Å². The molecular formula is C14H16ClN5OS. The Morgan fingerprint density at radius 2 is 2.27 bits per heavy atom. The molecule has 1 atom stereocenters. The van der Waals surface area contributed by atoms with Crippen LogP contribution in [-0.2, 0) is 4.79 Å². The molecule has 0 aliphatic heterocycles. The van der Waals surface area contributed by atoms with Crippen molar-refractivity contribution in [2.75, 3.05) is 5.75 Å². The highest BCUT2D eigenvalue weighted by atomic mass is 35.5. The lowest BCUT2D eigenvalue weighted by Gasteiger charge is -2.15. The van der Waals surface area contributed by atoms with Gasteiger partial charge in [0.2, 0.25) is 11.1 Å². The number of nitrogens with zero attached hydrogens (tertiary/aromatic N) is 4. The molecule has 1 aliphatic rings. The number of tetrazole rings is 1. The Kier molecular flexibility index (Phi) is 4.63. The smallest absolute Gasteiger partial charge is 0.230 e. The molecular weight excluding hydrogens is 322 g/mol. The zero-order valence-corrected chi connectivity index (χ0v) is 13.6. The fraction of sp³-hybridized carbons (Fsp3) is 0.429. The van der Waals surface area contributed by atoms with Crippen LogP contribution in [0.3, 0.4) is 0 Å². The van der Waals surface area contributed by atoms with Gasteiger partial charge in [-0.1, -0.05) is 41.6 Å². The lowest BCUT2D eigenvalue weighted by atomic mass is 10.1. The first-order valence-corrected chi connectivity index (χ1v) is 8.46. The molecule has 1 saturated carbocycles. The molecule has 1 amide bonds. The molecule has 1 unspecified atom stereocenters. The second-order valence-corrected chi connectivity index (χ2v) is 6.59. The van der Waals surface area contributed by atoms with Crippen LogP contribution in [0.5, 0.6) is 0 Å². The number of rotatable bonds is 6. The van der Waals surface area contributed by atoms with Crippen molar-refractivity contribution in [3.05, 3.63) is 34.9 Å². The molecule has 3 rings (SSSR count). The van der Waals surface area contributed by atoms with Gasteiger partial charge < -0.3 is 5.32 Å². The normalized spacial score (nSPS) is 15.5. The Morgan fingerprint density at radius 3 is 3.00 bits per heavy atom. The summed E-state index contributed by atoms with van der Waals surface area (Å²) in [5.41, 5.74) is 0.908. The van der Waals surface area contributed by atoms with Crippen molar-refractivity contribution in [2.24, 2.45) is 0 Å². The Labute approximate surface area is 137 Å². The monoisotopic (exact) mass is 337 g/mol. The first-order chi connectivity index (χ1) is 10.6. The number of amides is 1. The van der Waals surface area contributed by atoms with E-state index in [1.807, 2.05) is 31.2 Å². The summed E-state index contributed by atoms with van der Waals surface area (Å²) in [5.74, 6) is 0.213. The van der Waals surface area contributed by atoms with E-state index in [-0.39, 0.29) is 17.7 Å². The van der Waals surface area contributed by atoms with E-state index in [0.29, 0.717) is 16.2 Å². The molecule has 1 fully saturated rings. The van der Waals surface area contributed by atoms with Crippen molar-refractivity contribution in [3.63, 3.8) is 0 Å². The number of benzene rings is 1. The fourth-order valence-corrected chi connectivity index (χ4v) is 3.20. The number of halogens is 1. The molecule has 1 aliphatic carbocycles. The zero-order chi connectivity index (χ0) is 15.5. The van der Waals surface area contributed by atoms with Crippen molar-refractivity contribution in [1.29, 1.82) is 0 Å². The van der Waals surface area contributed by atoms with Gasteiger partial charge in [-0.05, 0) is 41.8 Å². The van der Waals surface area contributed by atoms with E-state index in [4.69, 9.17) is 11.6 Å². The van der Waals surface area contributed by atoms with Gasteiger partial charge in [-0.15, -0.1) is 5.10 Å². The Bertz CT molecular complexity index is 673. The fourth-order valence-electron chi connectivity index (χ4n) is 2.15. The maximum atomic E-state index is 12.1. The van der Waals surface area contributed by atoms with Crippen LogP contribution in [-0.4, -0.2) is 31.9 Å². The van der Waals surface area contributed by atoms with Crippen LogP contribution >= 0.6 is 23.4 Å². The number of carbonyl (C=O) groups is 1. The molecule has 116 valence electrons. The quantitative estimate of drug-likeness (QED) is 0.820.